The van der Waals surface area contributed by atoms with Crippen LogP contribution < -0.4 is 10.1 Å². The lowest BCUT2D eigenvalue weighted by Gasteiger charge is -2.11. The zero-order valence-corrected chi connectivity index (χ0v) is 15.7. The quantitative estimate of drug-likeness (QED) is 0.654. The summed E-state index contributed by atoms with van der Waals surface area (Å²) in [5, 5.41) is 4.62. The lowest BCUT2D eigenvalue weighted by molar-refractivity contribution is -0.119. The highest BCUT2D eigenvalue weighted by Gasteiger charge is 2.15. The summed E-state index contributed by atoms with van der Waals surface area (Å²) in [5.41, 5.74) is 2.20. The monoisotopic (exact) mass is 382 g/mol. The summed E-state index contributed by atoms with van der Waals surface area (Å²) in [6, 6.07) is 14.3. The number of aromatic nitrogens is 1. The molecule has 0 radical (unpaired) electrons. The summed E-state index contributed by atoms with van der Waals surface area (Å²) in [7, 11) is 1.51. The van der Waals surface area contributed by atoms with Gasteiger partial charge in [-0.3, -0.25) is 9.78 Å². The fourth-order valence-electron chi connectivity index (χ4n) is 2.48. The number of aryl methyl sites for hydroxylation is 1. The number of para-hydroxylation sites is 2. The van der Waals surface area contributed by atoms with Crippen molar-refractivity contribution in [2.45, 2.75) is 6.92 Å². The Bertz CT molecular complexity index is 954. The predicted molar refractivity (Wildman–Crippen MR) is 104 cm³/mol. The van der Waals surface area contributed by atoms with Gasteiger partial charge >= 0.3 is 5.97 Å². The molecule has 0 fully saturated rings. The smallest absolute Gasteiger partial charge is 0.340 e. The van der Waals surface area contributed by atoms with Crippen LogP contribution in [0.3, 0.4) is 0 Å². The number of esters is 1. The molecule has 0 saturated carbocycles. The molecule has 0 unspecified atom stereocenters. The van der Waals surface area contributed by atoms with Gasteiger partial charge in [-0.05, 0) is 42.6 Å². The van der Waals surface area contributed by atoms with E-state index in [0.717, 1.165) is 10.6 Å². The Morgan fingerprint density at radius 2 is 1.93 bits per heavy atom. The van der Waals surface area contributed by atoms with Gasteiger partial charge in [0, 0.05) is 0 Å². The molecule has 1 aromatic carbocycles. The average Bonchev–Trinajstić information content (AvgIpc) is 3.21. The van der Waals surface area contributed by atoms with Gasteiger partial charge < -0.3 is 14.8 Å². The van der Waals surface area contributed by atoms with E-state index in [1.165, 1.54) is 7.11 Å². The van der Waals surface area contributed by atoms with Gasteiger partial charge in [0.1, 0.15) is 5.75 Å². The normalized spacial score (nSPS) is 10.3. The number of benzene rings is 1. The Balaban J connectivity index is 1.61. The second kappa shape index (κ2) is 8.46. The van der Waals surface area contributed by atoms with Crippen LogP contribution in [0, 0.1) is 6.92 Å². The highest BCUT2D eigenvalue weighted by molar-refractivity contribution is 7.13. The van der Waals surface area contributed by atoms with Crippen molar-refractivity contribution >= 4 is 28.9 Å². The molecule has 2 aromatic heterocycles. The number of amides is 1. The molecule has 3 rings (SSSR count). The number of carbonyl (C=O) groups is 2. The second-order valence-corrected chi connectivity index (χ2v) is 6.58. The number of thiophene rings is 1. The summed E-state index contributed by atoms with van der Waals surface area (Å²) in [6.07, 6.45) is 0. The molecule has 27 heavy (non-hydrogen) atoms. The zero-order chi connectivity index (χ0) is 19.2. The van der Waals surface area contributed by atoms with E-state index in [-0.39, 0.29) is 0 Å². The number of anilines is 1. The van der Waals surface area contributed by atoms with Gasteiger partial charge in [-0.15, -0.1) is 11.3 Å². The third-order valence-corrected chi connectivity index (χ3v) is 4.69. The van der Waals surface area contributed by atoms with Gasteiger partial charge in [-0.25, -0.2) is 4.79 Å². The first-order chi connectivity index (χ1) is 13.1. The topological polar surface area (TPSA) is 77.5 Å². The van der Waals surface area contributed by atoms with E-state index >= 15 is 0 Å². The second-order valence-electron chi connectivity index (χ2n) is 5.63. The molecule has 0 spiro atoms. The highest BCUT2D eigenvalue weighted by Crippen LogP contribution is 2.24. The fraction of sp³-hybridized carbons (Fsp3) is 0.150. The molecule has 7 heteroatoms. The van der Waals surface area contributed by atoms with E-state index < -0.39 is 18.5 Å². The van der Waals surface area contributed by atoms with E-state index in [4.69, 9.17) is 9.47 Å². The van der Waals surface area contributed by atoms with Crippen LogP contribution in [0.25, 0.3) is 10.6 Å². The van der Waals surface area contributed by atoms with Gasteiger partial charge in [0.15, 0.2) is 6.61 Å². The predicted octanol–water partition coefficient (Wildman–Crippen LogP) is 3.92. The summed E-state index contributed by atoms with van der Waals surface area (Å²) < 4.78 is 10.3. The molecule has 0 aliphatic carbocycles. The lowest BCUT2D eigenvalue weighted by atomic mass is 10.2. The highest BCUT2D eigenvalue weighted by atomic mass is 32.1. The number of rotatable bonds is 6. The van der Waals surface area contributed by atoms with Gasteiger partial charge in [-0.2, -0.15) is 0 Å². The molecule has 0 bridgehead atoms. The van der Waals surface area contributed by atoms with Crippen molar-refractivity contribution in [2.24, 2.45) is 0 Å². The third kappa shape index (κ3) is 4.51. The third-order valence-electron chi connectivity index (χ3n) is 3.79. The molecule has 3 aromatic rings. The lowest BCUT2D eigenvalue weighted by Crippen LogP contribution is -2.21. The molecule has 0 aliphatic rings. The maximum Gasteiger partial charge on any atom is 0.340 e. The van der Waals surface area contributed by atoms with Crippen LogP contribution in [-0.4, -0.2) is 30.6 Å². The van der Waals surface area contributed by atoms with Crippen molar-refractivity contribution in [2.75, 3.05) is 19.0 Å². The maximum absolute atomic E-state index is 12.3. The number of carbonyl (C=O) groups excluding carboxylic acids is 2. The number of nitrogens with one attached hydrogen (secondary N) is 1. The van der Waals surface area contributed by atoms with E-state index in [1.807, 2.05) is 17.5 Å². The molecule has 0 saturated heterocycles. The first-order valence-electron chi connectivity index (χ1n) is 8.20. The SMILES string of the molecule is COc1ccccc1NC(=O)COC(=O)c1ccc(-c2cccs2)nc1C. The van der Waals surface area contributed by atoms with E-state index in [2.05, 4.69) is 10.3 Å². The molecule has 2 heterocycles. The van der Waals surface area contributed by atoms with Crippen LogP contribution in [0.4, 0.5) is 5.69 Å². The van der Waals surface area contributed by atoms with Crippen molar-refractivity contribution in [3.63, 3.8) is 0 Å². The molecule has 6 nitrogen and oxygen atoms in total. The summed E-state index contributed by atoms with van der Waals surface area (Å²) >= 11 is 1.58. The van der Waals surface area contributed by atoms with Crippen molar-refractivity contribution < 1.29 is 19.1 Å². The molecule has 0 aliphatic heterocycles. The summed E-state index contributed by atoms with van der Waals surface area (Å²) in [6.45, 7) is 1.34. The van der Waals surface area contributed by atoms with Crippen molar-refractivity contribution in [3.05, 3.63) is 65.2 Å². The Morgan fingerprint density at radius 1 is 1.11 bits per heavy atom. The number of methoxy groups -OCH3 is 1. The molecular weight excluding hydrogens is 364 g/mol. The van der Waals surface area contributed by atoms with Crippen molar-refractivity contribution in [1.82, 2.24) is 4.98 Å². The van der Waals surface area contributed by atoms with Crippen LogP contribution in [0.5, 0.6) is 5.75 Å². The van der Waals surface area contributed by atoms with Crippen LogP contribution in [0.2, 0.25) is 0 Å². The van der Waals surface area contributed by atoms with E-state index in [0.29, 0.717) is 22.7 Å². The van der Waals surface area contributed by atoms with Crippen LogP contribution in [0.15, 0.2) is 53.9 Å². The first-order valence-corrected chi connectivity index (χ1v) is 9.08. The molecule has 0 atom stereocenters. The first kappa shape index (κ1) is 18.6. The Morgan fingerprint density at radius 3 is 2.63 bits per heavy atom. The standard InChI is InChI=1S/C20H18N2O4S/c1-13-14(9-10-16(21-13)18-8-5-11-27-18)20(24)26-12-19(23)22-15-6-3-4-7-17(15)25-2/h3-11H,12H2,1-2H3,(H,22,23). The van der Waals surface area contributed by atoms with Crippen LogP contribution in [-0.2, 0) is 9.53 Å². The number of pyridine rings is 1. The zero-order valence-electron chi connectivity index (χ0n) is 14.9. The largest absolute Gasteiger partial charge is 0.495 e. The number of nitrogens with zero attached hydrogens (tertiary/aromatic N) is 1. The molecule has 1 N–H and O–H groups in total. The maximum atomic E-state index is 12.3. The molecule has 1 amide bonds. The Labute approximate surface area is 160 Å². The minimum Gasteiger partial charge on any atom is -0.495 e. The minimum atomic E-state index is -0.590. The Kier molecular flexibility index (Phi) is 5.83. The van der Waals surface area contributed by atoms with Gasteiger partial charge in [0.25, 0.3) is 5.91 Å². The number of ether oxygens (including phenoxy) is 2. The summed E-state index contributed by atoms with van der Waals surface area (Å²) in [5.74, 6) is -0.511. The number of hydrogen-bond acceptors (Lipinski definition) is 6. The van der Waals surface area contributed by atoms with Gasteiger partial charge in [-0.1, -0.05) is 18.2 Å². The van der Waals surface area contributed by atoms with E-state index in [9.17, 15) is 9.59 Å². The Hall–Kier alpha value is -3.19. The number of hydrogen-bond donors (Lipinski definition) is 1. The van der Waals surface area contributed by atoms with Crippen molar-refractivity contribution in [3.8, 4) is 16.3 Å². The molecule has 138 valence electrons. The average molecular weight is 382 g/mol. The van der Waals surface area contributed by atoms with Crippen LogP contribution >= 0.6 is 11.3 Å². The fourth-order valence-corrected chi connectivity index (χ4v) is 3.18. The van der Waals surface area contributed by atoms with Crippen molar-refractivity contribution in [1.29, 1.82) is 0 Å². The summed E-state index contributed by atoms with van der Waals surface area (Å²) in [4.78, 5) is 29.8. The minimum absolute atomic E-state index is 0.334. The molecular formula is C20H18N2O4S. The van der Waals surface area contributed by atoms with Crippen LogP contribution in [0.1, 0.15) is 16.1 Å². The van der Waals surface area contributed by atoms with Gasteiger partial charge in [0.2, 0.25) is 0 Å². The van der Waals surface area contributed by atoms with Gasteiger partial charge in [0.05, 0.1) is 34.6 Å². The van der Waals surface area contributed by atoms with E-state index in [1.54, 1.807) is 54.7 Å².